The largest absolute Gasteiger partial charge is 0.478 e. The molecule has 0 radical (unpaired) electrons. The van der Waals surface area contributed by atoms with Crippen LogP contribution in [0.4, 0.5) is 5.69 Å². The molecule has 1 fully saturated rings. The predicted molar refractivity (Wildman–Crippen MR) is 160 cm³/mol. The van der Waals surface area contributed by atoms with Crippen LogP contribution in [0.15, 0.2) is 84.3 Å². The van der Waals surface area contributed by atoms with Crippen LogP contribution in [0, 0.1) is 0 Å². The van der Waals surface area contributed by atoms with Crippen LogP contribution in [0.5, 0.6) is 0 Å². The molecule has 0 saturated carbocycles. The molecule has 2 aliphatic rings. The van der Waals surface area contributed by atoms with E-state index in [1.54, 1.807) is 36.4 Å². The van der Waals surface area contributed by atoms with Crippen molar-refractivity contribution in [2.24, 2.45) is 0 Å². The van der Waals surface area contributed by atoms with Crippen LogP contribution in [0.25, 0.3) is 0 Å². The molecule has 2 N–H and O–H groups in total. The molecule has 2 aliphatic heterocycles. The summed E-state index contributed by atoms with van der Waals surface area (Å²) in [5.74, 6) is -1.93. The van der Waals surface area contributed by atoms with E-state index >= 15 is 0 Å². The van der Waals surface area contributed by atoms with E-state index in [1.165, 1.54) is 28.6 Å². The lowest BCUT2D eigenvalue weighted by Gasteiger charge is -2.41. The number of hydrogen-bond donors (Lipinski definition) is 2. The first kappa shape index (κ1) is 29.8. The summed E-state index contributed by atoms with van der Waals surface area (Å²) in [6, 6.07) is 16.2. The van der Waals surface area contributed by atoms with Crippen LogP contribution in [0.3, 0.4) is 0 Å². The summed E-state index contributed by atoms with van der Waals surface area (Å²) in [6.07, 6.45) is 2.12. The molecule has 220 valence electrons. The summed E-state index contributed by atoms with van der Waals surface area (Å²) in [6.45, 7) is 4.01. The van der Waals surface area contributed by atoms with Crippen molar-refractivity contribution in [1.29, 1.82) is 0 Å². The number of rotatable bonds is 8. The number of anilines is 1. The molecule has 1 atom stereocenters. The van der Waals surface area contributed by atoms with Gasteiger partial charge < -0.3 is 10.4 Å². The van der Waals surface area contributed by atoms with Gasteiger partial charge in [0.05, 0.1) is 33.7 Å². The molecule has 3 aromatic carbocycles. The quantitative estimate of drug-likeness (QED) is 0.349. The lowest BCUT2D eigenvalue weighted by molar-refractivity contribution is 0.0696. The van der Waals surface area contributed by atoms with Gasteiger partial charge in [-0.3, -0.25) is 9.10 Å². The summed E-state index contributed by atoms with van der Waals surface area (Å²) < 4.78 is 54.7. The maximum Gasteiger partial charge on any atom is 0.335 e. The van der Waals surface area contributed by atoms with Gasteiger partial charge >= 0.3 is 5.97 Å². The van der Waals surface area contributed by atoms with E-state index in [4.69, 9.17) is 11.6 Å². The normalized spacial score (nSPS) is 18.8. The second-order valence-electron chi connectivity index (χ2n) is 10.5. The van der Waals surface area contributed by atoms with Crippen molar-refractivity contribution < 1.29 is 31.5 Å². The fourth-order valence-corrected chi connectivity index (χ4v) is 9.50. The number of nitrogens with zero attached hydrogens (tertiary/aromatic N) is 1. The molecule has 0 aromatic heterocycles. The number of hydrogen-bond acceptors (Lipinski definition) is 6. The third-order valence-electron chi connectivity index (χ3n) is 8.10. The van der Waals surface area contributed by atoms with Crippen molar-refractivity contribution in [1.82, 2.24) is 5.32 Å². The molecule has 12 heteroatoms. The number of sulfonamides is 1. The maximum atomic E-state index is 14.2. The molecule has 9 nitrogen and oxygen atoms in total. The van der Waals surface area contributed by atoms with Crippen molar-refractivity contribution in [3.8, 4) is 0 Å². The van der Waals surface area contributed by atoms with Crippen LogP contribution in [-0.4, -0.2) is 51.4 Å². The highest BCUT2D eigenvalue weighted by atomic mass is 35.5. The van der Waals surface area contributed by atoms with Crippen molar-refractivity contribution >= 4 is 49.0 Å². The van der Waals surface area contributed by atoms with Gasteiger partial charge in [0.2, 0.25) is 0 Å². The van der Waals surface area contributed by atoms with Crippen LogP contribution >= 0.6 is 11.6 Å². The van der Waals surface area contributed by atoms with Crippen molar-refractivity contribution in [3.05, 3.63) is 107 Å². The van der Waals surface area contributed by atoms with E-state index in [0.717, 1.165) is 11.6 Å². The average Bonchev–Trinajstić information content (AvgIpc) is 3.23. The number of nitrogens with one attached hydrogen (secondary N) is 1. The maximum absolute atomic E-state index is 14.2. The lowest BCUT2D eigenvalue weighted by atomic mass is 9.71. The summed E-state index contributed by atoms with van der Waals surface area (Å²) in [7, 11) is -7.64. The number of carbonyl (C=O) groups excluding carboxylic acids is 1. The number of carboxylic acid groups (broad SMARTS) is 1. The number of halogens is 1. The molecule has 1 unspecified atom stereocenters. The standard InChI is InChI=1S/C30H29ClN2O7S2/c1-2-6-27-30(13-15-41(37,38)16-14-30)24-18-20(28(34)32-19-22-7-3-4-10-25(22)31)11-12-26(24)33(27)42(39,40)23-9-5-8-21(17-23)29(35)36/h2-5,7-12,17-18,27H,1,6,13-16,19H2,(H,32,34)(H,35,36). The Labute approximate surface area is 249 Å². The first-order valence-electron chi connectivity index (χ1n) is 13.2. The first-order valence-corrected chi connectivity index (χ1v) is 16.9. The van der Waals surface area contributed by atoms with Crippen LogP contribution in [0.1, 0.15) is 51.1 Å². The third kappa shape index (κ3) is 5.32. The highest BCUT2D eigenvalue weighted by Crippen LogP contribution is 2.54. The average molecular weight is 629 g/mol. The fraction of sp³-hybridized carbons (Fsp3) is 0.267. The summed E-state index contributed by atoms with van der Waals surface area (Å²) >= 11 is 6.23. The number of carboxylic acids is 1. The van der Waals surface area contributed by atoms with E-state index in [-0.39, 0.29) is 53.3 Å². The van der Waals surface area contributed by atoms with Gasteiger partial charge in [0.25, 0.3) is 15.9 Å². The van der Waals surface area contributed by atoms with Crippen molar-refractivity contribution in [3.63, 3.8) is 0 Å². The highest BCUT2D eigenvalue weighted by Gasteiger charge is 2.56. The van der Waals surface area contributed by atoms with Gasteiger partial charge in [-0.05, 0) is 72.9 Å². The second-order valence-corrected chi connectivity index (χ2v) is 15.0. The molecule has 42 heavy (non-hydrogen) atoms. The number of carbonyl (C=O) groups is 2. The topological polar surface area (TPSA) is 138 Å². The van der Waals surface area contributed by atoms with Gasteiger partial charge in [-0.25, -0.2) is 21.6 Å². The zero-order chi connectivity index (χ0) is 30.3. The minimum Gasteiger partial charge on any atom is -0.478 e. The molecule has 1 saturated heterocycles. The van der Waals surface area contributed by atoms with E-state index in [9.17, 15) is 31.5 Å². The zero-order valence-corrected chi connectivity index (χ0v) is 24.9. The summed E-state index contributed by atoms with van der Waals surface area (Å²) in [5, 5.41) is 12.8. The Morgan fingerprint density at radius 2 is 1.76 bits per heavy atom. The molecule has 1 spiro atoms. The minimum absolute atomic E-state index is 0.134. The first-order chi connectivity index (χ1) is 19.9. The molecule has 3 aromatic rings. The van der Waals surface area contributed by atoms with E-state index < -0.39 is 43.2 Å². The zero-order valence-electron chi connectivity index (χ0n) is 22.5. The van der Waals surface area contributed by atoms with Crippen molar-refractivity contribution in [2.75, 3.05) is 15.8 Å². The van der Waals surface area contributed by atoms with Gasteiger partial charge in [0.1, 0.15) is 9.84 Å². The molecule has 1 amide bonds. The Bertz CT molecular complexity index is 1790. The Morgan fingerprint density at radius 3 is 2.43 bits per heavy atom. The van der Waals surface area contributed by atoms with Gasteiger partial charge in [-0.15, -0.1) is 6.58 Å². The van der Waals surface area contributed by atoms with Crippen LogP contribution in [0.2, 0.25) is 5.02 Å². The smallest absolute Gasteiger partial charge is 0.335 e. The fourth-order valence-electron chi connectivity index (χ4n) is 5.94. The number of fused-ring (bicyclic) bond motifs is 2. The number of benzene rings is 3. The van der Waals surface area contributed by atoms with E-state index in [1.807, 2.05) is 6.07 Å². The van der Waals surface area contributed by atoms with E-state index in [0.29, 0.717) is 16.3 Å². The molecule has 5 rings (SSSR count). The van der Waals surface area contributed by atoms with Crippen LogP contribution < -0.4 is 9.62 Å². The third-order valence-corrected chi connectivity index (χ3v) is 11.9. The Kier molecular flexibility index (Phi) is 7.95. The molecule has 0 aliphatic carbocycles. The number of sulfone groups is 1. The summed E-state index contributed by atoms with van der Waals surface area (Å²) in [4.78, 5) is 24.7. The van der Waals surface area contributed by atoms with Crippen molar-refractivity contribution in [2.45, 2.75) is 42.2 Å². The van der Waals surface area contributed by atoms with E-state index in [2.05, 4.69) is 11.9 Å². The van der Waals surface area contributed by atoms with Gasteiger partial charge in [0.15, 0.2) is 0 Å². The monoisotopic (exact) mass is 628 g/mol. The minimum atomic E-state index is -4.31. The highest BCUT2D eigenvalue weighted by molar-refractivity contribution is 7.93. The molecule has 0 bridgehead atoms. The lowest BCUT2D eigenvalue weighted by Crippen LogP contribution is -2.50. The molecular formula is C30H29ClN2O7S2. The summed E-state index contributed by atoms with van der Waals surface area (Å²) in [5.41, 5.74) is 0.815. The van der Waals surface area contributed by atoms with Gasteiger partial charge in [-0.2, -0.15) is 0 Å². The van der Waals surface area contributed by atoms with Gasteiger partial charge in [0, 0.05) is 22.5 Å². The van der Waals surface area contributed by atoms with Gasteiger partial charge in [-0.1, -0.05) is 41.9 Å². The molecular weight excluding hydrogens is 600 g/mol. The Hall–Kier alpha value is -3.67. The second kappa shape index (κ2) is 11.2. The SMILES string of the molecule is C=CCC1N(S(=O)(=O)c2cccc(C(=O)O)c2)c2ccc(C(=O)NCc3ccccc3Cl)cc2C12CCS(=O)(=O)CC2. The predicted octanol–water partition coefficient (Wildman–Crippen LogP) is 4.57. The number of aromatic carboxylic acids is 1. The molecule has 2 heterocycles. The Morgan fingerprint density at radius 1 is 1.05 bits per heavy atom. The van der Waals surface area contributed by atoms with Crippen LogP contribution in [-0.2, 0) is 31.8 Å². The Balaban J connectivity index is 1.61. The number of amides is 1.